The van der Waals surface area contributed by atoms with Crippen molar-refractivity contribution in [1.29, 1.82) is 5.26 Å². The second kappa shape index (κ2) is 8.09. The van der Waals surface area contributed by atoms with E-state index in [1.807, 2.05) is 55.6 Å². The summed E-state index contributed by atoms with van der Waals surface area (Å²) in [5.74, 6) is -0.159. The topological polar surface area (TPSA) is 93.9 Å². The standard InChI is InChI=1S/C23H20N4O2S/c1-14-11-19-21(23(28)27(14)13-16-5-3-4-10-26-16)20(18(12-24)22(25)29-19)15-6-8-17(30-2)9-7-15/h3-11,20H,13,25H2,1-2H3/t20-/m1/s1. The van der Waals surface area contributed by atoms with Gasteiger partial charge in [-0.2, -0.15) is 5.26 Å². The van der Waals surface area contributed by atoms with Gasteiger partial charge in [0, 0.05) is 22.9 Å². The Morgan fingerprint density at radius 2 is 2.03 bits per heavy atom. The smallest absolute Gasteiger partial charge is 0.259 e. The molecule has 1 aromatic carbocycles. The minimum atomic E-state index is -0.585. The SMILES string of the molecule is CSc1ccc([C@@H]2C(C#N)=C(N)Oc3cc(C)n(Cc4ccccn4)c(=O)c32)cc1. The Labute approximate surface area is 178 Å². The van der Waals surface area contributed by atoms with Crippen molar-refractivity contribution in [2.75, 3.05) is 6.26 Å². The maximum atomic E-state index is 13.6. The molecule has 6 nitrogen and oxygen atoms in total. The largest absolute Gasteiger partial charge is 0.440 e. The number of aryl methyl sites for hydroxylation is 1. The summed E-state index contributed by atoms with van der Waals surface area (Å²) in [7, 11) is 0. The third kappa shape index (κ3) is 3.46. The molecule has 1 aliphatic rings. The summed E-state index contributed by atoms with van der Waals surface area (Å²) in [6, 6.07) is 17.3. The molecule has 4 rings (SSSR count). The van der Waals surface area contributed by atoms with Gasteiger partial charge in [-0.25, -0.2) is 0 Å². The van der Waals surface area contributed by atoms with Crippen LogP contribution in [0.4, 0.5) is 0 Å². The minimum absolute atomic E-state index is 0.0326. The van der Waals surface area contributed by atoms with E-state index in [0.717, 1.165) is 21.8 Å². The van der Waals surface area contributed by atoms with E-state index in [2.05, 4.69) is 11.1 Å². The highest BCUT2D eigenvalue weighted by Gasteiger charge is 2.34. The maximum absolute atomic E-state index is 13.6. The first-order valence-corrected chi connectivity index (χ1v) is 10.6. The fourth-order valence-corrected chi connectivity index (χ4v) is 4.07. The second-order valence-electron chi connectivity index (χ2n) is 6.97. The van der Waals surface area contributed by atoms with Crippen LogP contribution in [0.1, 0.15) is 28.4 Å². The quantitative estimate of drug-likeness (QED) is 0.654. The number of aromatic nitrogens is 2. The number of rotatable bonds is 4. The molecule has 0 bridgehead atoms. The number of nitrogens with two attached hydrogens (primary N) is 1. The fraction of sp³-hybridized carbons (Fsp3) is 0.174. The normalized spacial score (nSPS) is 15.3. The van der Waals surface area contributed by atoms with Gasteiger partial charge in [0.1, 0.15) is 17.4 Å². The van der Waals surface area contributed by atoms with E-state index in [0.29, 0.717) is 17.9 Å². The van der Waals surface area contributed by atoms with Crippen LogP contribution in [-0.2, 0) is 6.54 Å². The molecule has 0 radical (unpaired) electrons. The molecule has 0 amide bonds. The Morgan fingerprint density at radius 1 is 1.27 bits per heavy atom. The van der Waals surface area contributed by atoms with E-state index in [1.165, 1.54) is 0 Å². The Bertz CT molecular complexity index is 1230. The first-order chi connectivity index (χ1) is 14.5. The van der Waals surface area contributed by atoms with E-state index in [4.69, 9.17) is 10.5 Å². The molecule has 7 heteroatoms. The summed E-state index contributed by atoms with van der Waals surface area (Å²) in [4.78, 5) is 19.0. The van der Waals surface area contributed by atoms with Gasteiger partial charge >= 0.3 is 0 Å². The molecule has 0 saturated heterocycles. The predicted octanol–water partition coefficient (Wildman–Crippen LogP) is 3.54. The van der Waals surface area contributed by atoms with Gasteiger partial charge in [-0.15, -0.1) is 11.8 Å². The summed E-state index contributed by atoms with van der Waals surface area (Å²) >= 11 is 1.63. The summed E-state index contributed by atoms with van der Waals surface area (Å²) < 4.78 is 7.36. The molecule has 0 saturated carbocycles. The molecular weight excluding hydrogens is 396 g/mol. The van der Waals surface area contributed by atoms with Gasteiger partial charge in [-0.1, -0.05) is 18.2 Å². The van der Waals surface area contributed by atoms with Crippen LogP contribution in [0.25, 0.3) is 0 Å². The van der Waals surface area contributed by atoms with Gasteiger partial charge < -0.3 is 15.0 Å². The summed E-state index contributed by atoms with van der Waals surface area (Å²) in [6.07, 6.45) is 3.70. The van der Waals surface area contributed by atoms with Crippen molar-refractivity contribution in [2.24, 2.45) is 5.73 Å². The highest BCUT2D eigenvalue weighted by molar-refractivity contribution is 7.98. The Morgan fingerprint density at radius 3 is 2.67 bits per heavy atom. The van der Waals surface area contributed by atoms with Gasteiger partial charge in [0.25, 0.3) is 5.56 Å². The van der Waals surface area contributed by atoms with Crippen LogP contribution in [0.5, 0.6) is 5.75 Å². The van der Waals surface area contributed by atoms with E-state index in [1.54, 1.807) is 28.6 Å². The van der Waals surface area contributed by atoms with Gasteiger partial charge in [-0.05, 0) is 43.0 Å². The van der Waals surface area contributed by atoms with Crippen LogP contribution in [0.2, 0.25) is 0 Å². The summed E-state index contributed by atoms with van der Waals surface area (Å²) in [6.45, 7) is 2.17. The lowest BCUT2D eigenvalue weighted by atomic mass is 9.84. The average Bonchev–Trinajstić information content (AvgIpc) is 2.76. The zero-order valence-corrected chi connectivity index (χ0v) is 17.4. The number of pyridine rings is 2. The van der Waals surface area contributed by atoms with Crippen LogP contribution in [0.15, 0.2) is 75.9 Å². The molecule has 0 aliphatic carbocycles. The van der Waals surface area contributed by atoms with Crippen molar-refractivity contribution in [1.82, 2.24) is 9.55 Å². The number of fused-ring (bicyclic) bond motifs is 1. The molecule has 2 aromatic heterocycles. The summed E-state index contributed by atoms with van der Waals surface area (Å²) in [5.41, 5.74) is 8.83. The number of hydrogen-bond acceptors (Lipinski definition) is 6. The molecule has 30 heavy (non-hydrogen) atoms. The number of benzene rings is 1. The third-order valence-corrected chi connectivity index (χ3v) is 5.93. The number of thioether (sulfide) groups is 1. The number of allylic oxidation sites excluding steroid dienone is 1. The first kappa shape index (κ1) is 19.8. The monoisotopic (exact) mass is 416 g/mol. The van der Waals surface area contributed by atoms with Crippen molar-refractivity contribution in [3.8, 4) is 11.8 Å². The highest BCUT2D eigenvalue weighted by atomic mass is 32.2. The van der Waals surface area contributed by atoms with Crippen molar-refractivity contribution in [3.63, 3.8) is 0 Å². The Hall–Kier alpha value is -3.50. The lowest BCUT2D eigenvalue weighted by Gasteiger charge is -2.27. The molecule has 2 N–H and O–H groups in total. The number of nitriles is 1. The van der Waals surface area contributed by atoms with E-state index < -0.39 is 5.92 Å². The number of ether oxygens (including phenoxy) is 1. The lowest BCUT2D eigenvalue weighted by Crippen LogP contribution is -2.33. The van der Waals surface area contributed by atoms with Crippen LogP contribution in [0.3, 0.4) is 0 Å². The van der Waals surface area contributed by atoms with Gasteiger partial charge in [0.05, 0.1) is 23.7 Å². The molecule has 3 aromatic rings. The molecule has 0 unspecified atom stereocenters. The molecule has 1 atom stereocenters. The highest BCUT2D eigenvalue weighted by Crippen LogP contribution is 2.40. The van der Waals surface area contributed by atoms with Crippen LogP contribution < -0.4 is 16.0 Å². The van der Waals surface area contributed by atoms with Crippen LogP contribution in [0, 0.1) is 18.3 Å². The molecular formula is C23H20N4O2S. The van der Waals surface area contributed by atoms with Crippen molar-refractivity contribution in [3.05, 3.63) is 99.1 Å². The van der Waals surface area contributed by atoms with Gasteiger partial charge in [0.15, 0.2) is 0 Å². The van der Waals surface area contributed by atoms with Gasteiger partial charge in [-0.3, -0.25) is 9.78 Å². The zero-order chi connectivity index (χ0) is 21.3. The Kier molecular flexibility index (Phi) is 5.34. The average molecular weight is 417 g/mol. The van der Waals surface area contributed by atoms with Crippen molar-refractivity contribution < 1.29 is 4.74 Å². The lowest BCUT2D eigenvalue weighted by molar-refractivity contribution is 0.389. The van der Waals surface area contributed by atoms with Crippen molar-refractivity contribution in [2.45, 2.75) is 24.3 Å². The maximum Gasteiger partial charge on any atom is 0.259 e. The van der Waals surface area contributed by atoms with Crippen molar-refractivity contribution >= 4 is 11.8 Å². The second-order valence-corrected chi connectivity index (χ2v) is 7.85. The summed E-state index contributed by atoms with van der Waals surface area (Å²) in [5, 5.41) is 9.78. The first-order valence-electron chi connectivity index (χ1n) is 9.39. The zero-order valence-electron chi connectivity index (χ0n) is 16.6. The minimum Gasteiger partial charge on any atom is -0.440 e. The Balaban J connectivity index is 1.90. The fourth-order valence-electron chi connectivity index (χ4n) is 3.67. The molecule has 1 aliphatic heterocycles. The van der Waals surface area contributed by atoms with Crippen LogP contribution in [-0.4, -0.2) is 15.8 Å². The number of hydrogen-bond donors (Lipinski definition) is 1. The molecule has 150 valence electrons. The van der Waals surface area contributed by atoms with Crippen LogP contribution >= 0.6 is 11.8 Å². The molecule has 0 spiro atoms. The molecule has 0 fully saturated rings. The molecule has 3 heterocycles. The van der Waals surface area contributed by atoms with E-state index in [9.17, 15) is 10.1 Å². The third-order valence-electron chi connectivity index (χ3n) is 5.19. The van der Waals surface area contributed by atoms with E-state index >= 15 is 0 Å². The predicted molar refractivity (Wildman–Crippen MR) is 116 cm³/mol. The number of nitrogens with zero attached hydrogens (tertiary/aromatic N) is 3. The van der Waals surface area contributed by atoms with Gasteiger partial charge in [0.2, 0.25) is 5.88 Å². The van der Waals surface area contributed by atoms with E-state index in [-0.39, 0.29) is 17.0 Å².